The minimum Gasteiger partial charge on any atom is -0.356 e. The minimum atomic E-state index is 0.480. The third kappa shape index (κ3) is 6.41. The van der Waals surface area contributed by atoms with E-state index in [-0.39, 0.29) is 0 Å². The molecule has 2 N–H and O–H groups in total. The van der Waals surface area contributed by atoms with E-state index in [1.165, 1.54) is 64.8 Å². The van der Waals surface area contributed by atoms with Crippen LogP contribution in [0.1, 0.15) is 59.8 Å². The summed E-state index contributed by atoms with van der Waals surface area (Å²) in [5, 5.41) is 7.21. The summed E-state index contributed by atoms with van der Waals surface area (Å²) >= 11 is 0. The van der Waals surface area contributed by atoms with E-state index in [9.17, 15) is 0 Å². The number of guanidine groups is 1. The van der Waals surface area contributed by atoms with Crippen LogP contribution in [0.25, 0.3) is 0 Å². The van der Waals surface area contributed by atoms with Crippen LogP contribution in [0.3, 0.4) is 0 Å². The predicted molar refractivity (Wildman–Crippen MR) is 113 cm³/mol. The van der Waals surface area contributed by atoms with Crippen LogP contribution < -0.4 is 10.6 Å². The second kappa shape index (κ2) is 10.5. The van der Waals surface area contributed by atoms with Gasteiger partial charge in [-0.3, -0.25) is 9.89 Å². The number of piperazine rings is 1. The van der Waals surface area contributed by atoms with Crippen molar-refractivity contribution in [1.29, 1.82) is 0 Å². The Morgan fingerprint density at radius 3 is 2.23 bits per heavy atom. The summed E-state index contributed by atoms with van der Waals surface area (Å²) in [6.45, 7) is 17.3. The highest BCUT2D eigenvalue weighted by Crippen LogP contribution is 2.42. The fourth-order valence-electron chi connectivity index (χ4n) is 4.83. The van der Waals surface area contributed by atoms with E-state index < -0.39 is 0 Å². The van der Waals surface area contributed by atoms with Gasteiger partial charge < -0.3 is 15.5 Å². The van der Waals surface area contributed by atoms with E-state index in [2.05, 4.69) is 53.1 Å². The van der Waals surface area contributed by atoms with Crippen molar-refractivity contribution in [3.8, 4) is 0 Å². The van der Waals surface area contributed by atoms with Crippen molar-refractivity contribution in [2.75, 3.05) is 52.9 Å². The predicted octanol–water partition coefficient (Wildman–Crippen LogP) is 2.78. The smallest absolute Gasteiger partial charge is 0.191 e. The molecule has 5 nitrogen and oxygen atoms in total. The Bertz CT molecular complexity index is 420. The molecule has 2 rings (SSSR count). The molecule has 26 heavy (non-hydrogen) atoms. The molecule has 1 saturated carbocycles. The van der Waals surface area contributed by atoms with Gasteiger partial charge in [0.1, 0.15) is 0 Å². The summed E-state index contributed by atoms with van der Waals surface area (Å²) in [7, 11) is 1.89. The fourth-order valence-corrected chi connectivity index (χ4v) is 4.83. The van der Waals surface area contributed by atoms with E-state index in [1.54, 1.807) is 0 Å². The van der Waals surface area contributed by atoms with Crippen LogP contribution in [-0.4, -0.2) is 74.7 Å². The van der Waals surface area contributed by atoms with Gasteiger partial charge in [-0.25, -0.2) is 0 Å². The van der Waals surface area contributed by atoms with Gasteiger partial charge in [-0.15, -0.1) is 0 Å². The van der Waals surface area contributed by atoms with Crippen LogP contribution in [-0.2, 0) is 0 Å². The number of hydrogen-bond donors (Lipinski definition) is 2. The monoisotopic (exact) mass is 365 g/mol. The molecule has 0 radical (unpaired) electrons. The number of nitrogens with one attached hydrogen (secondary N) is 2. The number of nitrogens with zero attached hydrogens (tertiary/aromatic N) is 3. The summed E-state index contributed by atoms with van der Waals surface area (Å²) < 4.78 is 0. The van der Waals surface area contributed by atoms with E-state index in [1.807, 2.05) is 7.05 Å². The Hall–Kier alpha value is -0.810. The topological polar surface area (TPSA) is 42.9 Å². The standard InChI is InChI=1S/C21H43N5/c1-6-25-11-13-26(14-12-25)19(4)16-23-20(22-5)24-17-21(15-18(2)3)9-7-8-10-21/h18-19H,6-17H2,1-5H3,(H2,22,23,24). The molecule has 1 unspecified atom stereocenters. The number of rotatable bonds is 8. The maximum Gasteiger partial charge on any atom is 0.191 e. The Morgan fingerprint density at radius 1 is 1.04 bits per heavy atom. The molecule has 0 bridgehead atoms. The van der Waals surface area contributed by atoms with Gasteiger partial charge >= 0.3 is 0 Å². The summed E-state index contributed by atoms with van der Waals surface area (Å²) in [5.41, 5.74) is 0.480. The highest BCUT2D eigenvalue weighted by molar-refractivity contribution is 5.79. The van der Waals surface area contributed by atoms with Crippen LogP contribution in [0.4, 0.5) is 0 Å². The van der Waals surface area contributed by atoms with Gasteiger partial charge in [0, 0.05) is 52.4 Å². The van der Waals surface area contributed by atoms with Gasteiger partial charge in [0.2, 0.25) is 0 Å². The second-order valence-corrected chi connectivity index (χ2v) is 8.93. The van der Waals surface area contributed by atoms with Gasteiger partial charge in [0.05, 0.1) is 0 Å². The molecule has 5 heteroatoms. The van der Waals surface area contributed by atoms with Crippen LogP contribution >= 0.6 is 0 Å². The molecule has 1 aliphatic heterocycles. The van der Waals surface area contributed by atoms with Gasteiger partial charge in [0.25, 0.3) is 0 Å². The first-order valence-corrected chi connectivity index (χ1v) is 10.9. The van der Waals surface area contributed by atoms with Crippen molar-refractivity contribution in [2.45, 2.75) is 65.8 Å². The van der Waals surface area contributed by atoms with Crippen LogP contribution in [0.5, 0.6) is 0 Å². The van der Waals surface area contributed by atoms with Crippen LogP contribution in [0, 0.1) is 11.3 Å². The lowest BCUT2D eigenvalue weighted by atomic mass is 9.78. The quantitative estimate of drug-likeness (QED) is 0.513. The summed E-state index contributed by atoms with van der Waals surface area (Å²) in [5.74, 6) is 1.74. The Kier molecular flexibility index (Phi) is 8.68. The molecule has 1 heterocycles. The zero-order valence-electron chi connectivity index (χ0n) is 18.0. The van der Waals surface area contributed by atoms with Crippen molar-refractivity contribution in [3.05, 3.63) is 0 Å². The molecule has 2 fully saturated rings. The molecule has 0 amide bonds. The van der Waals surface area contributed by atoms with Crippen molar-refractivity contribution in [2.24, 2.45) is 16.3 Å². The fraction of sp³-hybridized carbons (Fsp3) is 0.952. The van der Waals surface area contributed by atoms with Gasteiger partial charge in [0.15, 0.2) is 5.96 Å². The zero-order chi connectivity index (χ0) is 19.0. The first-order valence-electron chi connectivity index (χ1n) is 10.9. The third-order valence-electron chi connectivity index (χ3n) is 6.40. The SMILES string of the molecule is CCN1CCN(C(C)CNC(=NC)NCC2(CC(C)C)CCCC2)CC1. The van der Waals surface area contributed by atoms with Gasteiger partial charge in [-0.2, -0.15) is 0 Å². The van der Waals surface area contributed by atoms with Crippen LogP contribution in [0.15, 0.2) is 4.99 Å². The molecule has 152 valence electrons. The van der Waals surface area contributed by atoms with E-state index >= 15 is 0 Å². The summed E-state index contributed by atoms with van der Waals surface area (Å²) in [4.78, 5) is 9.60. The van der Waals surface area contributed by atoms with Crippen LogP contribution in [0.2, 0.25) is 0 Å². The Morgan fingerprint density at radius 2 is 1.69 bits per heavy atom. The Balaban J connectivity index is 1.75. The average Bonchev–Trinajstić information content (AvgIpc) is 3.09. The highest BCUT2D eigenvalue weighted by Gasteiger charge is 2.34. The molecule has 2 aliphatic rings. The molecule has 0 aromatic rings. The molecule has 1 saturated heterocycles. The molecule has 0 spiro atoms. The van der Waals surface area contributed by atoms with Gasteiger partial charge in [-0.1, -0.05) is 33.6 Å². The molecule has 0 aromatic carbocycles. The molecular weight excluding hydrogens is 322 g/mol. The normalized spacial score (nSPS) is 23.4. The van der Waals surface area contributed by atoms with Gasteiger partial charge in [-0.05, 0) is 44.1 Å². The average molecular weight is 366 g/mol. The summed E-state index contributed by atoms with van der Waals surface area (Å²) in [6.07, 6.45) is 6.85. The number of likely N-dealkylation sites (N-methyl/N-ethyl adjacent to an activating group) is 1. The number of hydrogen-bond acceptors (Lipinski definition) is 3. The Labute approximate surface area is 162 Å². The van der Waals surface area contributed by atoms with Crippen molar-refractivity contribution in [3.63, 3.8) is 0 Å². The molecule has 1 atom stereocenters. The lowest BCUT2D eigenvalue weighted by Crippen LogP contribution is -2.53. The van der Waals surface area contributed by atoms with E-state index in [0.29, 0.717) is 11.5 Å². The second-order valence-electron chi connectivity index (χ2n) is 8.93. The maximum absolute atomic E-state index is 4.47. The lowest BCUT2D eigenvalue weighted by Gasteiger charge is -2.38. The van der Waals surface area contributed by atoms with E-state index in [4.69, 9.17) is 0 Å². The molecule has 1 aliphatic carbocycles. The van der Waals surface area contributed by atoms with Crippen molar-refractivity contribution >= 4 is 5.96 Å². The molecule has 0 aromatic heterocycles. The zero-order valence-corrected chi connectivity index (χ0v) is 18.0. The maximum atomic E-state index is 4.47. The first kappa shape index (κ1) is 21.5. The van der Waals surface area contributed by atoms with E-state index in [0.717, 1.165) is 25.0 Å². The highest BCUT2D eigenvalue weighted by atomic mass is 15.3. The summed E-state index contributed by atoms with van der Waals surface area (Å²) in [6, 6.07) is 0.545. The number of aliphatic imine (C=N–C) groups is 1. The first-order chi connectivity index (χ1) is 12.5. The van der Waals surface area contributed by atoms with Crippen molar-refractivity contribution < 1.29 is 0 Å². The lowest BCUT2D eigenvalue weighted by molar-refractivity contribution is 0.107. The third-order valence-corrected chi connectivity index (χ3v) is 6.40. The molecular formula is C21H43N5. The van der Waals surface area contributed by atoms with Crippen molar-refractivity contribution in [1.82, 2.24) is 20.4 Å². The minimum absolute atomic E-state index is 0.480. The largest absolute Gasteiger partial charge is 0.356 e.